The number of nitrogens with two attached hydrogens (primary N) is 1. The molecule has 1 saturated heterocycles. The van der Waals surface area contributed by atoms with Gasteiger partial charge in [0.15, 0.2) is 12.6 Å². The fraction of sp³-hybridized carbons (Fsp3) is 0.357. The van der Waals surface area contributed by atoms with Crippen molar-refractivity contribution in [1.82, 2.24) is 5.32 Å². The Morgan fingerprint density at radius 2 is 1.90 bits per heavy atom. The summed E-state index contributed by atoms with van der Waals surface area (Å²) < 4.78 is 38.4. The van der Waals surface area contributed by atoms with Crippen molar-refractivity contribution in [1.29, 1.82) is 5.41 Å². The second-order valence-electron chi connectivity index (χ2n) is 9.44. The Morgan fingerprint density at radius 1 is 1.12 bits per heavy atom. The number of amides is 2. The van der Waals surface area contributed by atoms with E-state index in [0.29, 0.717) is 21.3 Å². The maximum atomic E-state index is 13.5. The number of thiophene rings is 1. The topological polar surface area (TPSA) is 144 Å². The second kappa shape index (κ2) is 13.2. The maximum absolute atomic E-state index is 13.5. The third-order valence-electron chi connectivity index (χ3n) is 6.44. The largest absolute Gasteiger partial charge is 0.383 e. The molecule has 0 aliphatic carbocycles. The average molecular weight is 603 g/mol. The van der Waals surface area contributed by atoms with Gasteiger partial charge in [0.2, 0.25) is 9.84 Å². The Kier molecular flexibility index (Phi) is 9.90. The number of urea groups is 1. The molecule has 40 heavy (non-hydrogen) atoms. The standard InChI is InChI=1S/C28H34N4O5S3/c1-17-14-20(32-28(33)31-13-6-4-5-10-25-36-18(2)37-25)11-12-22(17)19-8-7-9-21(15-19)40(34,35)24-16-23(26(29)30)39-27(24)38-3/h7-9,11-12,14-16,18,25H,4-6,10,13H2,1-3H3,(H3,29,30)(H2,31,32,33). The zero-order valence-electron chi connectivity index (χ0n) is 22.7. The minimum Gasteiger partial charge on any atom is -0.383 e. The van der Waals surface area contributed by atoms with Crippen molar-refractivity contribution in [2.45, 2.75) is 66.1 Å². The number of anilines is 1. The lowest BCUT2D eigenvalue weighted by Gasteiger charge is -2.33. The highest BCUT2D eigenvalue weighted by molar-refractivity contribution is 8.01. The number of ether oxygens (including phenoxy) is 2. The van der Waals surface area contributed by atoms with Crippen molar-refractivity contribution in [3.05, 3.63) is 59.0 Å². The van der Waals surface area contributed by atoms with E-state index in [1.54, 1.807) is 30.5 Å². The molecule has 2 amide bonds. The molecule has 0 atom stereocenters. The molecular weight excluding hydrogens is 569 g/mol. The van der Waals surface area contributed by atoms with E-state index < -0.39 is 9.84 Å². The van der Waals surface area contributed by atoms with Gasteiger partial charge in [-0.3, -0.25) is 5.41 Å². The summed E-state index contributed by atoms with van der Waals surface area (Å²) in [5, 5.41) is 13.4. The molecule has 5 N–H and O–H groups in total. The maximum Gasteiger partial charge on any atom is 0.319 e. The van der Waals surface area contributed by atoms with Crippen LogP contribution in [0.1, 0.15) is 43.0 Å². The predicted molar refractivity (Wildman–Crippen MR) is 160 cm³/mol. The lowest BCUT2D eigenvalue weighted by atomic mass is 10.00. The average Bonchev–Trinajstić information content (AvgIpc) is 3.36. The molecular formula is C28H34N4O5S3. The monoisotopic (exact) mass is 602 g/mol. The van der Waals surface area contributed by atoms with E-state index in [1.165, 1.54) is 29.2 Å². The Balaban J connectivity index is 1.37. The lowest BCUT2D eigenvalue weighted by Crippen LogP contribution is -2.38. The highest BCUT2D eigenvalue weighted by Gasteiger charge is 2.26. The van der Waals surface area contributed by atoms with Crippen molar-refractivity contribution < 1.29 is 22.7 Å². The van der Waals surface area contributed by atoms with Crippen LogP contribution in [0, 0.1) is 12.3 Å². The highest BCUT2D eigenvalue weighted by atomic mass is 32.2. The van der Waals surface area contributed by atoms with Crippen LogP contribution in [-0.4, -0.2) is 45.7 Å². The van der Waals surface area contributed by atoms with Crippen LogP contribution in [0.4, 0.5) is 10.5 Å². The zero-order valence-corrected chi connectivity index (χ0v) is 25.1. The van der Waals surface area contributed by atoms with E-state index in [0.717, 1.165) is 42.4 Å². The quantitative estimate of drug-likeness (QED) is 0.0866. The molecule has 1 aliphatic rings. The molecule has 0 saturated carbocycles. The molecule has 12 heteroatoms. The van der Waals surface area contributed by atoms with Crippen LogP contribution >= 0.6 is 23.1 Å². The number of aryl methyl sites for hydroxylation is 1. The number of thioether (sulfide) groups is 1. The molecule has 4 rings (SSSR count). The summed E-state index contributed by atoms with van der Waals surface area (Å²) in [6.07, 6.45) is 5.31. The van der Waals surface area contributed by atoms with Crippen molar-refractivity contribution in [3.63, 3.8) is 0 Å². The number of nitrogens with one attached hydrogen (secondary N) is 3. The third-order valence-corrected chi connectivity index (χ3v) is 10.8. The molecule has 0 spiro atoms. The van der Waals surface area contributed by atoms with Crippen molar-refractivity contribution >= 4 is 50.5 Å². The number of unbranched alkanes of at least 4 members (excludes halogenated alkanes) is 2. The number of carbonyl (C=O) groups excluding carboxylic acids is 1. The first-order chi connectivity index (χ1) is 19.1. The van der Waals surface area contributed by atoms with Gasteiger partial charge in [-0.05, 0) is 86.4 Å². The number of benzene rings is 2. The summed E-state index contributed by atoms with van der Waals surface area (Å²) >= 11 is 2.51. The van der Waals surface area contributed by atoms with Crippen LogP contribution in [0.2, 0.25) is 0 Å². The molecule has 9 nitrogen and oxygen atoms in total. The number of nitrogen functional groups attached to an aromatic ring is 1. The summed E-state index contributed by atoms with van der Waals surface area (Å²) in [7, 11) is -3.82. The fourth-order valence-electron chi connectivity index (χ4n) is 4.41. The van der Waals surface area contributed by atoms with Gasteiger partial charge in [-0.25, -0.2) is 13.2 Å². The van der Waals surface area contributed by atoms with Crippen LogP contribution in [0.5, 0.6) is 0 Å². The molecule has 3 aromatic rings. The fourth-order valence-corrected chi connectivity index (χ4v) is 8.31. The van der Waals surface area contributed by atoms with E-state index in [9.17, 15) is 13.2 Å². The summed E-state index contributed by atoms with van der Waals surface area (Å²) in [6, 6.07) is 13.5. The highest BCUT2D eigenvalue weighted by Crippen LogP contribution is 2.38. The first-order valence-electron chi connectivity index (χ1n) is 12.9. The van der Waals surface area contributed by atoms with Crippen molar-refractivity contribution in [2.75, 3.05) is 18.1 Å². The first kappa shape index (κ1) is 30.1. The van der Waals surface area contributed by atoms with E-state index in [4.69, 9.17) is 20.6 Å². The smallest absolute Gasteiger partial charge is 0.319 e. The first-order valence-corrected chi connectivity index (χ1v) is 16.4. The summed E-state index contributed by atoms with van der Waals surface area (Å²) in [4.78, 5) is 13.1. The molecule has 1 fully saturated rings. The zero-order chi connectivity index (χ0) is 28.9. The number of sulfone groups is 1. The third kappa shape index (κ3) is 7.24. The lowest BCUT2D eigenvalue weighted by molar-refractivity contribution is -0.377. The van der Waals surface area contributed by atoms with Gasteiger partial charge in [-0.2, -0.15) is 0 Å². The Hall–Kier alpha value is -2.90. The molecule has 1 aliphatic heterocycles. The van der Waals surface area contributed by atoms with E-state index in [1.807, 2.05) is 32.0 Å². The molecule has 0 bridgehead atoms. The Morgan fingerprint density at radius 3 is 2.58 bits per heavy atom. The van der Waals surface area contributed by atoms with Gasteiger partial charge in [0.1, 0.15) is 5.84 Å². The normalized spacial score (nSPS) is 16.8. The van der Waals surface area contributed by atoms with E-state index in [-0.39, 0.29) is 34.2 Å². The number of carbonyl (C=O) groups is 1. The minimum absolute atomic E-state index is 0.0840. The molecule has 0 radical (unpaired) electrons. The number of rotatable bonds is 12. The van der Waals surface area contributed by atoms with Gasteiger partial charge in [0.25, 0.3) is 0 Å². The summed E-state index contributed by atoms with van der Waals surface area (Å²) in [5.74, 6) is -0.159. The van der Waals surface area contributed by atoms with Crippen LogP contribution in [0.15, 0.2) is 62.5 Å². The van der Waals surface area contributed by atoms with Crippen molar-refractivity contribution in [2.24, 2.45) is 5.73 Å². The van der Waals surface area contributed by atoms with Gasteiger partial charge in [-0.1, -0.05) is 24.6 Å². The molecule has 1 aromatic heterocycles. The predicted octanol–water partition coefficient (Wildman–Crippen LogP) is 5.96. The second-order valence-corrected chi connectivity index (χ2v) is 13.5. The Bertz CT molecular complexity index is 1480. The van der Waals surface area contributed by atoms with Gasteiger partial charge < -0.3 is 25.8 Å². The van der Waals surface area contributed by atoms with Crippen molar-refractivity contribution in [3.8, 4) is 11.1 Å². The number of hydrogen-bond acceptors (Lipinski definition) is 8. The van der Waals surface area contributed by atoms with Crippen LogP contribution in [0.25, 0.3) is 11.1 Å². The summed E-state index contributed by atoms with van der Waals surface area (Å²) in [6.45, 7) is 4.36. The molecule has 214 valence electrons. The molecule has 2 aromatic carbocycles. The van der Waals surface area contributed by atoms with Crippen LogP contribution < -0.4 is 16.4 Å². The van der Waals surface area contributed by atoms with E-state index >= 15 is 0 Å². The van der Waals surface area contributed by atoms with Crippen LogP contribution in [-0.2, 0) is 19.3 Å². The minimum atomic E-state index is -3.82. The van der Waals surface area contributed by atoms with Gasteiger partial charge >= 0.3 is 6.03 Å². The van der Waals surface area contributed by atoms with Gasteiger partial charge in [0, 0.05) is 12.2 Å². The van der Waals surface area contributed by atoms with Gasteiger partial charge in [-0.15, -0.1) is 23.1 Å². The number of amidine groups is 1. The molecule has 2 heterocycles. The molecule has 0 unspecified atom stereocenters. The SMILES string of the molecule is CSc1sc(C(=N)N)cc1S(=O)(=O)c1cccc(-c2ccc(NC(=O)NCCCCCC3OC(C)O3)cc2C)c1. The van der Waals surface area contributed by atoms with Gasteiger partial charge in [0.05, 0.1) is 18.9 Å². The Labute approximate surface area is 243 Å². The number of hydrogen-bond donors (Lipinski definition) is 4. The van der Waals surface area contributed by atoms with Crippen LogP contribution in [0.3, 0.4) is 0 Å². The van der Waals surface area contributed by atoms with E-state index in [2.05, 4.69) is 10.6 Å². The summed E-state index contributed by atoms with van der Waals surface area (Å²) in [5.41, 5.74) is 8.75.